The van der Waals surface area contributed by atoms with Crippen LogP contribution in [0, 0.1) is 19.7 Å². The fourth-order valence-electron chi connectivity index (χ4n) is 1.92. The Balaban J connectivity index is 2.32. The fraction of sp³-hybridized carbons (Fsp3) is 0.200. The predicted molar refractivity (Wildman–Crippen MR) is 78.6 cm³/mol. The molecule has 0 aliphatic rings. The van der Waals surface area contributed by atoms with E-state index in [1.807, 2.05) is 0 Å². The maximum Gasteiger partial charge on any atom is 0.253 e. The van der Waals surface area contributed by atoms with Crippen LogP contribution in [0.4, 0.5) is 4.39 Å². The van der Waals surface area contributed by atoms with E-state index in [4.69, 9.17) is 0 Å². The molecule has 5 heteroatoms. The summed E-state index contributed by atoms with van der Waals surface area (Å²) in [4.78, 5) is 24.1. The van der Waals surface area contributed by atoms with Crippen molar-refractivity contribution >= 4 is 21.7 Å². The molecule has 0 saturated carbocycles. The highest BCUT2D eigenvalue weighted by atomic mass is 79.9. The maximum atomic E-state index is 13.2. The summed E-state index contributed by atoms with van der Waals surface area (Å²) >= 11 is 3.29. The van der Waals surface area contributed by atoms with Crippen molar-refractivity contribution in [2.45, 2.75) is 20.4 Å². The van der Waals surface area contributed by atoms with E-state index in [0.29, 0.717) is 16.7 Å². The molecule has 20 heavy (non-hydrogen) atoms. The zero-order valence-corrected chi connectivity index (χ0v) is 12.7. The molecule has 0 aliphatic heterocycles. The summed E-state index contributed by atoms with van der Waals surface area (Å²) in [6.45, 7) is 3.22. The largest absolute Gasteiger partial charge is 0.306 e. The van der Waals surface area contributed by atoms with Gasteiger partial charge in [-0.05, 0) is 59.6 Å². The second kappa shape index (κ2) is 5.71. The highest BCUT2D eigenvalue weighted by Crippen LogP contribution is 2.12. The Kier molecular flexibility index (Phi) is 4.18. The van der Waals surface area contributed by atoms with Crippen molar-refractivity contribution in [1.29, 1.82) is 0 Å². The van der Waals surface area contributed by atoms with E-state index in [1.165, 1.54) is 22.8 Å². The molecule has 1 aromatic heterocycles. The van der Waals surface area contributed by atoms with Gasteiger partial charge in [-0.3, -0.25) is 9.59 Å². The molecule has 0 fully saturated rings. The summed E-state index contributed by atoms with van der Waals surface area (Å²) in [6.07, 6.45) is 1.57. The molecule has 0 unspecified atom stereocenters. The number of rotatable bonds is 3. The van der Waals surface area contributed by atoms with Crippen LogP contribution >= 0.6 is 15.9 Å². The summed E-state index contributed by atoms with van der Waals surface area (Å²) in [7, 11) is 0. The molecule has 0 N–H and O–H groups in total. The SMILES string of the molecule is Cc1cc(C(=O)Cn2cc(Br)cc(C)c2=O)ccc1F. The molecule has 1 heterocycles. The van der Waals surface area contributed by atoms with Crippen LogP contribution in [0.5, 0.6) is 0 Å². The molecule has 1 aromatic carbocycles. The van der Waals surface area contributed by atoms with E-state index < -0.39 is 0 Å². The lowest BCUT2D eigenvalue weighted by molar-refractivity contribution is 0.0970. The van der Waals surface area contributed by atoms with Crippen molar-refractivity contribution in [1.82, 2.24) is 4.57 Å². The van der Waals surface area contributed by atoms with Crippen LogP contribution in [0.25, 0.3) is 0 Å². The smallest absolute Gasteiger partial charge is 0.253 e. The zero-order chi connectivity index (χ0) is 14.9. The molecule has 3 nitrogen and oxygen atoms in total. The first-order valence-electron chi connectivity index (χ1n) is 6.04. The Morgan fingerprint density at radius 2 is 1.95 bits per heavy atom. The van der Waals surface area contributed by atoms with Gasteiger partial charge in [-0.2, -0.15) is 0 Å². The number of aryl methyl sites for hydroxylation is 2. The third-order valence-corrected chi connectivity index (χ3v) is 3.46. The lowest BCUT2D eigenvalue weighted by atomic mass is 10.1. The van der Waals surface area contributed by atoms with Crippen LogP contribution in [0.1, 0.15) is 21.5 Å². The van der Waals surface area contributed by atoms with Gasteiger partial charge < -0.3 is 4.57 Å². The molecule has 0 spiro atoms. The Morgan fingerprint density at radius 3 is 2.60 bits per heavy atom. The number of hydrogen-bond acceptors (Lipinski definition) is 2. The maximum absolute atomic E-state index is 13.2. The standard InChI is InChI=1S/C15H13BrFNO2/c1-9-5-11(3-4-13(9)17)14(19)8-18-7-12(16)6-10(2)15(18)20/h3-7H,8H2,1-2H3. The quantitative estimate of drug-likeness (QED) is 0.806. The minimum absolute atomic E-state index is 0.0653. The lowest BCUT2D eigenvalue weighted by Crippen LogP contribution is -2.25. The average Bonchev–Trinajstić information content (AvgIpc) is 2.38. The lowest BCUT2D eigenvalue weighted by Gasteiger charge is -2.08. The Morgan fingerprint density at radius 1 is 1.25 bits per heavy atom. The first-order chi connectivity index (χ1) is 9.38. The van der Waals surface area contributed by atoms with E-state index >= 15 is 0 Å². The number of aromatic nitrogens is 1. The Labute approximate surface area is 124 Å². The monoisotopic (exact) mass is 337 g/mol. The second-order valence-electron chi connectivity index (χ2n) is 4.66. The predicted octanol–water partition coefficient (Wildman–Crippen LogP) is 3.25. The van der Waals surface area contributed by atoms with Gasteiger partial charge in [-0.25, -0.2) is 4.39 Å². The third kappa shape index (κ3) is 3.04. The Hall–Kier alpha value is -1.75. The third-order valence-electron chi connectivity index (χ3n) is 3.03. The van der Waals surface area contributed by atoms with Crippen molar-refractivity contribution in [3.8, 4) is 0 Å². The normalized spacial score (nSPS) is 10.6. The van der Waals surface area contributed by atoms with Crippen molar-refractivity contribution in [2.75, 3.05) is 0 Å². The number of benzene rings is 1. The van der Waals surface area contributed by atoms with Gasteiger partial charge in [0.05, 0.1) is 6.54 Å². The number of hydrogen-bond donors (Lipinski definition) is 0. The van der Waals surface area contributed by atoms with E-state index in [-0.39, 0.29) is 23.7 Å². The summed E-state index contributed by atoms with van der Waals surface area (Å²) in [5.74, 6) is -0.579. The first-order valence-corrected chi connectivity index (χ1v) is 6.83. The van der Waals surface area contributed by atoms with E-state index in [2.05, 4.69) is 15.9 Å². The van der Waals surface area contributed by atoms with E-state index in [9.17, 15) is 14.0 Å². The molecule has 104 valence electrons. The molecule has 2 aromatic rings. The summed E-state index contributed by atoms with van der Waals surface area (Å²) in [5, 5.41) is 0. The number of nitrogens with zero attached hydrogens (tertiary/aromatic N) is 1. The van der Waals surface area contributed by atoms with Crippen LogP contribution in [-0.2, 0) is 6.54 Å². The number of ketones is 1. The first kappa shape index (κ1) is 14.7. The number of pyridine rings is 1. The topological polar surface area (TPSA) is 39.1 Å². The molecule has 0 amide bonds. The van der Waals surface area contributed by atoms with Gasteiger partial charge in [-0.1, -0.05) is 0 Å². The van der Waals surface area contributed by atoms with Crippen molar-refractivity contribution < 1.29 is 9.18 Å². The second-order valence-corrected chi connectivity index (χ2v) is 5.58. The van der Waals surface area contributed by atoms with Crippen LogP contribution in [0.2, 0.25) is 0 Å². The fourth-order valence-corrected chi connectivity index (χ4v) is 2.51. The van der Waals surface area contributed by atoms with E-state index in [1.54, 1.807) is 26.1 Å². The molecule has 0 atom stereocenters. The zero-order valence-electron chi connectivity index (χ0n) is 11.1. The number of carbonyl (C=O) groups is 1. The molecule has 0 saturated heterocycles. The minimum atomic E-state index is -0.350. The average molecular weight is 338 g/mol. The summed E-state index contributed by atoms with van der Waals surface area (Å²) in [6, 6.07) is 5.89. The molecule has 0 aliphatic carbocycles. The van der Waals surface area contributed by atoms with Crippen molar-refractivity contribution in [2.24, 2.45) is 0 Å². The van der Waals surface area contributed by atoms with Crippen LogP contribution in [-0.4, -0.2) is 10.4 Å². The molecule has 2 rings (SSSR count). The molecule has 0 radical (unpaired) electrons. The Bertz CT molecular complexity index is 737. The summed E-state index contributed by atoms with van der Waals surface area (Å²) < 4.78 is 15.3. The van der Waals surface area contributed by atoms with Gasteiger partial charge in [0, 0.05) is 21.8 Å². The van der Waals surface area contributed by atoms with Crippen molar-refractivity contribution in [3.05, 3.63) is 67.8 Å². The molecule has 0 bridgehead atoms. The number of halogens is 2. The van der Waals surface area contributed by atoms with Gasteiger partial charge in [0.15, 0.2) is 5.78 Å². The number of Topliss-reactive ketones (excluding diaryl/α,β-unsaturated/α-hetero) is 1. The van der Waals surface area contributed by atoms with Crippen LogP contribution in [0.3, 0.4) is 0 Å². The van der Waals surface area contributed by atoms with Gasteiger partial charge in [0.2, 0.25) is 0 Å². The minimum Gasteiger partial charge on any atom is -0.306 e. The van der Waals surface area contributed by atoms with Gasteiger partial charge in [-0.15, -0.1) is 0 Å². The van der Waals surface area contributed by atoms with E-state index in [0.717, 1.165) is 4.47 Å². The van der Waals surface area contributed by atoms with Crippen LogP contribution < -0.4 is 5.56 Å². The van der Waals surface area contributed by atoms with Gasteiger partial charge in [0.1, 0.15) is 5.82 Å². The van der Waals surface area contributed by atoms with Gasteiger partial charge >= 0.3 is 0 Å². The van der Waals surface area contributed by atoms with Crippen LogP contribution in [0.15, 0.2) is 39.7 Å². The van der Waals surface area contributed by atoms with Gasteiger partial charge in [0.25, 0.3) is 5.56 Å². The highest BCUT2D eigenvalue weighted by molar-refractivity contribution is 9.10. The molecular formula is C15H13BrFNO2. The molecular weight excluding hydrogens is 325 g/mol. The number of carbonyl (C=O) groups excluding carboxylic acids is 1. The van der Waals surface area contributed by atoms with Crippen molar-refractivity contribution in [3.63, 3.8) is 0 Å². The summed E-state index contributed by atoms with van der Waals surface area (Å²) in [5.41, 5.74) is 1.16. The highest BCUT2D eigenvalue weighted by Gasteiger charge is 2.11.